The van der Waals surface area contributed by atoms with Crippen LogP contribution in [0.25, 0.3) is 0 Å². The van der Waals surface area contributed by atoms with Gasteiger partial charge in [-0.3, -0.25) is 9.59 Å². The topological polar surface area (TPSA) is 75.4 Å². The summed E-state index contributed by atoms with van der Waals surface area (Å²) in [5, 5.41) is 2.71. The zero-order valence-electron chi connectivity index (χ0n) is 13.3. The van der Waals surface area contributed by atoms with Crippen molar-refractivity contribution in [2.45, 2.75) is 33.4 Å². The molecule has 22 heavy (non-hydrogen) atoms. The highest BCUT2D eigenvalue weighted by molar-refractivity contribution is 5.87. The number of carbonyl (C=O) groups is 2. The second-order valence-electron chi connectivity index (χ2n) is 5.53. The summed E-state index contributed by atoms with van der Waals surface area (Å²) in [4.78, 5) is 25.5. The molecule has 1 rings (SSSR count). The molecular weight excluding hydrogens is 285 g/mol. The highest BCUT2D eigenvalue weighted by Gasteiger charge is 2.23. The van der Waals surface area contributed by atoms with E-state index in [2.05, 4.69) is 5.32 Å². The average Bonchev–Trinajstić information content (AvgIpc) is 2.50. The second-order valence-corrected chi connectivity index (χ2v) is 5.53. The zero-order chi connectivity index (χ0) is 16.7. The Morgan fingerprint density at radius 3 is 2.36 bits per heavy atom. The zero-order valence-corrected chi connectivity index (χ0v) is 13.3. The van der Waals surface area contributed by atoms with E-state index in [4.69, 9.17) is 5.73 Å². The molecule has 0 bridgehead atoms. The molecule has 0 fully saturated rings. The number of hydrogen-bond acceptors (Lipinski definition) is 3. The van der Waals surface area contributed by atoms with E-state index in [9.17, 15) is 14.0 Å². The molecule has 0 aliphatic heterocycles. The molecule has 0 saturated carbocycles. The van der Waals surface area contributed by atoms with E-state index < -0.39 is 6.04 Å². The van der Waals surface area contributed by atoms with Gasteiger partial charge in [-0.2, -0.15) is 0 Å². The minimum Gasteiger partial charge on any atom is -0.350 e. The SMILES string of the molecule is CCN(CC(=O)NCc1ccc(F)cc1)C(=O)C(N)C(C)C. The van der Waals surface area contributed by atoms with Crippen molar-refractivity contribution in [1.82, 2.24) is 10.2 Å². The van der Waals surface area contributed by atoms with Crippen molar-refractivity contribution < 1.29 is 14.0 Å². The predicted molar refractivity (Wildman–Crippen MR) is 83.3 cm³/mol. The van der Waals surface area contributed by atoms with Gasteiger partial charge in [0.1, 0.15) is 5.82 Å². The number of hydrogen-bond donors (Lipinski definition) is 2. The van der Waals surface area contributed by atoms with Crippen molar-refractivity contribution in [3.63, 3.8) is 0 Å². The van der Waals surface area contributed by atoms with Crippen molar-refractivity contribution in [1.29, 1.82) is 0 Å². The van der Waals surface area contributed by atoms with Gasteiger partial charge in [0.15, 0.2) is 0 Å². The molecule has 1 atom stereocenters. The third-order valence-electron chi connectivity index (χ3n) is 3.43. The number of likely N-dealkylation sites (N-methyl/N-ethyl adjacent to an activating group) is 1. The molecule has 0 aliphatic carbocycles. The number of amides is 2. The normalized spacial score (nSPS) is 12.1. The van der Waals surface area contributed by atoms with Crippen LogP contribution in [0, 0.1) is 11.7 Å². The number of carbonyl (C=O) groups excluding carboxylic acids is 2. The summed E-state index contributed by atoms with van der Waals surface area (Å²) in [6.07, 6.45) is 0. The Morgan fingerprint density at radius 2 is 1.86 bits per heavy atom. The summed E-state index contributed by atoms with van der Waals surface area (Å²) >= 11 is 0. The molecule has 0 heterocycles. The Hall–Kier alpha value is -1.95. The van der Waals surface area contributed by atoms with Gasteiger partial charge in [0.05, 0.1) is 12.6 Å². The van der Waals surface area contributed by atoms with Crippen molar-refractivity contribution in [2.75, 3.05) is 13.1 Å². The van der Waals surface area contributed by atoms with Gasteiger partial charge in [0.25, 0.3) is 0 Å². The quantitative estimate of drug-likeness (QED) is 0.796. The Bertz CT molecular complexity index is 503. The molecule has 3 N–H and O–H groups in total. The van der Waals surface area contributed by atoms with Gasteiger partial charge >= 0.3 is 0 Å². The highest BCUT2D eigenvalue weighted by atomic mass is 19.1. The lowest BCUT2D eigenvalue weighted by atomic mass is 10.0. The minimum absolute atomic E-state index is 0.0174. The van der Waals surface area contributed by atoms with Gasteiger partial charge < -0.3 is 16.0 Å². The van der Waals surface area contributed by atoms with Gasteiger partial charge in [-0.25, -0.2) is 4.39 Å². The molecular formula is C16H24FN3O2. The first-order valence-electron chi connectivity index (χ1n) is 7.40. The molecule has 1 aromatic rings. The summed E-state index contributed by atoms with van der Waals surface area (Å²) in [6, 6.07) is 5.28. The molecule has 1 unspecified atom stereocenters. The maximum Gasteiger partial charge on any atom is 0.240 e. The number of nitrogens with zero attached hydrogens (tertiary/aromatic N) is 1. The summed E-state index contributed by atoms with van der Waals surface area (Å²) in [5.41, 5.74) is 6.63. The molecule has 5 nitrogen and oxygen atoms in total. The Balaban J connectivity index is 2.51. The monoisotopic (exact) mass is 309 g/mol. The third kappa shape index (κ3) is 5.44. The maximum absolute atomic E-state index is 12.8. The van der Waals surface area contributed by atoms with Gasteiger partial charge in [-0.05, 0) is 30.5 Å². The van der Waals surface area contributed by atoms with Crippen molar-refractivity contribution in [3.8, 4) is 0 Å². The fraction of sp³-hybridized carbons (Fsp3) is 0.500. The van der Waals surface area contributed by atoms with Crippen LogP contribution in [0.2, 0.25) is 0 Å². The standard InChI is InChI=1S/C16H24FN3O2/c1-4-20(16(22)15(18)11(2)3)10-14(21)19-9-12-5-7-13(17)8-6-12/h5-8,11,15H,4,9-10,18H2,1-3H3,(H,19,21). The fourth-order valence-electron chi connectivity index (χ4n) is 1.87. The fourth-order valence-corrected chi connectivity index (χ4v) is 1.87. The van der Waals surface area contributed by atoms with Gasteiger partial charge in [-0.15, -0.1) is 0 Å². The van der Waals surface area contributed by atoms with Crippen LogP contribution >= 0.6 is 0 Å². The summed E-state index contributed by atoms with van der Waals surface area (Å²) in [5.74, 6) is -0.797. The largest absolute Gasteiger partial charge is 0.350 e. The van der Waals surface area contributed by atoms with E-state index in [-0.39, 0.29) is 30.1 Å². The van der Waals surface area contributed by atoms with Crippen LogP contribution in [0.3, 0.4) is 0 Å². The number of halogens is 1. The van der Waals surface area contributed by atoms with E-state index >= 15 is 0 Å². The molecule has 0 radical (unpaired) electrons. The van der Waals surface area contributed by atoms with Crippen LogP contribution < -0.4 is 11.1 Å². The lowest BCUT2D eigenvalue weighted by Gasteiger charge is -2.25. The lowest BCUT2D eigenvalue weighted by Crippen LogP contribution is -2.49. The van der Waals surface area contributed by atoms with Crippen LogP contribution in [0.1, 0.15) is 26.3 Å². The van der Waals surface area contributed by atoms with Gasteiger partial charge in [-0.1, -0.05) is 26.0 Å². The lowest BCUT2D eigenvalue weighted by molar-refractivity contribution is -0.137. The minimum atomic E-state index is -0.607. The molecule has 1 aromatic carbocycles. The summed E-state index contributed by atoms with van der Waals surface area (Å²) in [7, 11) is 0. The van der Waals surface area contributed by atoms with Crippen LogP contribution in [0.5, 0.6) is 0 Å². The van der Waals surface area contributed by atoms with Crippen molar-refractivity contribution in [3.05, 3.63) is 35.6 Å². The molecule has 0 spiro atoms. The molecule has 0 aliphatic rings. The second kappa shape index (κ2) is 8.48. The molecule has 6 heteroatoms. The first-order chi connectivity index (χ1) is 10.3. The number of nitrogens with one attached hydrogen (secondary N) is 1. The first-order valence-corrected chi connectivity index (χ1v) is 7.40. The summed E-state index contributed by atoms with van der Waals surface area (Å²) in [6.45, 7) is 6.22. The van der Waals surface area contributed by atoms with E-state index in [1.807, 2.05) is 13.8 Å². The number of rotatable bonds is 7. The molecule has 122 valence electrons. The summed E-state index contributed by atoms with van der Waals surface area (Å²) < 4.78 is 12.8. The van der Waals surface area contributed by atoms with E-state index in [0.29, 0.717) is 13.1 Å². The first kappa shape index (κ1) is 18.1. The Labute approximate surface area is 130 Å². The van der Waals surface area contributed by atoms with Gasteiger partial charge in [0, 0.05) is 13.1 Å². The van der Waals surface area contributed by atoms with Gasteiger partial charge in [0.2, 0.25) is 11.8 Å². The Morgan fingerprint density at radius 1 is 1.27 bits per heavy atom. The van der Waals surface area contributed by atoms with Crippen molar-refractivity contribution in [2.24, 2.45) is 11.7 Å². The number of nitrogens with two attached hydrogens (primary N) is 1. The predicted octanol–water partition coefficient (Wildman–Crippen LogP) is 1.27. The average molecular weight is 309 g/mol. The van der Waals surface area contributed by atoms with Crippen LogP contribution in [-0.4, -0.2) is 35.8 Å². The van der Waals surface area contributed by atoms with Crippen molar-refractivity contribution >= 4 is 11.8 Å². The van der Waals surface area contributed by atoms with E-state index in [1.165, 1.54) is 17.0 Å². The molecule has 0 aromatic heterocycles. The van der Waals surface area contributed by atoms with Crippen LogP contribution in [-0.2, 0) is 16.1 Å². The third-order valence-corrected chi connectivity index (χ3v) is 3.43. The van der Waals surface area contributed by atoms with Crippen LogP contribution in [0.15, 0.2) is 24.3 Å². The maximum atomic E-state index is 12.8. The van der Waals surface area contributed by atoms with E-state index in [1.54, 1.807) is 19.1 Å². The highest BCUT2D eigenvalue weighted by Crippen LogP contribution is 2.04. The Kier molecular flexibility index (Phi) is 6.98. The van der Waals surface area contributed by atoms with Crippen LogP contribution in [0.4, 0.5) is 4.39 Å². The number of benzene rings is 1. The van der Waals surface area contributed by atoms with E-state index in [0.717, 1.165) is 5.56 Å². The molecule has 0 saturated heterocycles. The smallest absolute Gasteiger partial charge is 0.240 e. The molecule has 2 amide bonds.